The van der Waals surface area contributed by atoms with Crippen molar-refractivity contribution in [2.75, 3.05) is 26.2 Å². The minimum absolute atomic E-state index is 0.249. The Hall–Kier alpha value is -0.770. The maximum atomic E-state index is 7.39. The quantitative estimate of drug-likeness (QED) is 0.438. The fourth-order valence-electron chi connectivity index (χ4n) is 2.93. The molecule has 0 saturated carbocycles. The topological polar surface area (TPSA) is 65.1 Å². The van der Waals surface area contributed by atoms with E-state index in [2.05, 4.69) is 5.32 Å². The lowest BCUT2D eigenvalue weighted by atomic mass is 9.79. The van der Waals surface area contributed by atoms with Crippen molar-refractivity contribution in [1.29, 1.82) is 5.41 Å². The van der Waals surface area contributed by atoms with Gasteiger partial charge >= 0.3 is 0 Å². The summed E-state index contributed by atoms with van der Waals surface area (Å²) in [5.41, 5.74) is 5.49. The number of nitrogens with one attached hydrogen (secondary N) is 2. The summed E-state index contributed by atoms with van der Waals surface area (Å²) in [4.78, 5) is 2.00. The van der Waals surface area contributed by atoms with Crippen LogP contribution in [0.1, 0.15) is 25.7 Å². The molecule has 2 fully saturated rings. The summed E-state index contributed by atoms with van der Waals surface area (Å²) < 4.78 is 0. The highest BCUT2D eigenvalue weighted by atomic mass is 15.2. The maximum Gasteiger partial charge on any atom is 0.188 e. The van der Waals surface area contributed by atoms with E-state index in [0.29, 0.717) is 0 Å². The van der Waals surface area contributed by atoms with Gasteiger partial charge in [-0.3, -0.25) is 5.41 Å². The molecule has 2 heterocycles. The second kappa shape index (κ2) is 4.84. The molecule has 2 rings (SSSR count). The summed E-state index contributed by atoms with van der Waals surface area (Å²) in [6.07, 6.45) is 5.13. The van der Waals surface area contributed by atoms with E-state index >= 15 is 0 Å². The number of piperidine rings is 2. The Kier molecular flexibility index (Phi) is 3.46. The van der Waals surface area contributed by atoms with Gasteiger partial charge in [0.1, 0.15) is 0 Å². The third-order valence-corrected chi connectivity index (χ3v) is 3.93. The van der Waals surface area contributed by atoms with E-state index < -0.39 is 0 Å². The van der Waals surface area contributed by atoms with Crippen LogP contribution in [0.4, 0.5) is 0 Å². The molecule has 86 valence electrons. The first kappa shape index (κ1) is 10.7. The summed E-state index contributed by atoms with van der Waals surface area (Å²) in [6, 6.07) is 0. The predicted molar refractivity (Wildman–Crippen MR) is 61.8 cm³/mol. The van der Waals surface area contributed by atoms with Crippen LogP contribution in [0.25, 0.3) is 0 Å². The third-order valence-electron chi connectivity index (χ3n) is 3.93. The van der Waals surface area contributed by atoms with Crippen molar-refractivity contribution >= 4 is 5.96 Å². The molecule has 4 nitrogen and oxygen atoms in total. The number of nitrogens with two attached hydrogens (primary N) is 1. The molecule has 0 aliphatic carbocycles. The highest BCUT2D eigenvalue weighted by Gasteiger charge is 2.27. The van der Waals surface area contributed by atoms with E-state index in [1.807, 2.05) is 4.90 Å². The van der Waals surface area contributed by atoms with Gasteiger partial charge in [-0.05, 0) is 50.6 Å². The zero-order valence-corrected chi connectivity index (χ0v) is 9.34. The maximum absolute atomic E-state index is 7.39. The van der Waals surface area contributed by atoms with E-state index in [1.54, 1.807) is 0 Å². The molecule has 0 aromatic heterocycles. The van der Waals surface area contributed by atoms with Gasteiger partial charge < -0.3 is 16.0 Å². The fraction of sp³-hybridized carbons (Fsp3) is 0.909. The SMILES string of the molecule is N=C(N)N1CCC(C2CCNCC2)CC1. The fourth-order valence-corrected chi connectivity index (χ4v) is 2.93. The molecule has 15 heavy (non-hydrogen) atoms. The van der Waals surface area contributed by atoms with Crippen molar-refractivity contribution in [2.45, 2.75) is 25.7 Å². The Morgan fingerprint density at radius 3 is 2.13 bits per heavy atom. The highest BCUT2D eigenvalue weighted by molar-refractivity contribution is 5.74. The van der Waals surface area contributed by atoms with Crippen LogP contribution in [-0.4, -0.2) is 37.0 Å². The van der Waals surface area contributed by atoms with Gasteiger partial charge in [-0.25, -0.2) is 0 Å². The van der Waals surface area contributed by atoms with Gasteiger partial charge in [-0.1, -0.05) is 0 Å². The normalized spacial score (nSPS) is 25.5. The molecule has 0 spiro atoms. The monoisotopic (exact) mass is 210 g/mol. The van der Waals surface area contributed by atoms with Crippen molar-refractivity contribution in [2.24, 2.45) is 17.6 Å². The van der Waals surface area contributed by atoms with Gasteiger partial charge in [0.2, 0.25) is 0 Å². The van der Waals surface area contributed by atoms with Crippen LogP contribution in [-0.2, 0) is 0 Å². The van der Waals surface area contributed by atoms with E-state index in [1.165, 1.54) is 38.8 Å². The van der Waals surface area contributed by atoms with Crippen molar-refractivity contribution in [1.82, 2.24) is 10.2 Å². The van der Waals surface area contributed by atoms with E-state index in [9.17, 15) is 0 Å². The van der Waals surface area contributed by atoms with Gasteiger partial charge in [-0.15, -0.1) is 0 Å². The lowest BCUT2D eigenvalue weighted by Crippen LogP contribution is -2.44. The Morgan fingerprint density at radius 1 is 1.07 bits per heavy atom. The van der Waals surface area contributed by atoms with Crippen molar-refractivity contribution in [3.63, 3.8) is 0 Å². The van der Waals surface area contributed by atoms with Crippen LogP contribution < -0.4 is 11.1 Å². The van der Waals surface area contributed by atoms with E-state index in [0.717, 1.165) is 24.9 Å². The molecular formula is C11H22N4. The molecule has 0 unspecified atom stereocenters. The molecule has 0 aromatic rings. The zero-order chi connectivity index (χ0) is 10.7. The summed E-state index contributed by atoms with van der Waals surface area (Å²) in [5.74, 6) is 2.04. The molecule has 0 radical (unpaired) electrons. The van der Waals surface area contributed by atoms with Gasteiger partial charge in [0.05, 0.1) is 0 Å². The molecule has 2 aliphatic rings. The Morgan fingerprint density at radius 2 is 1.60 bits per heavy atom. The number of nitrogens with zero attached hydrogens (tertiary/aromatic N) is 1. The standard InChI is InChI=1S/C11H22N4/c12-11(13)15-7-3-10(4-8-15)9-1-5-14-6-2-9/h9-10,14H,1-8H2,(H3,12,13). The minimum atomic E-state index is 0.249. The third kappa shape index (κ3) is 2.62. The first-order valence-electron chi connectivity index (χ1n) is 6.07. The average Bonchev–Trinajstić information content (AvgIpc) is 2.30. The zero-order valence-electron chi connectivity index (χ0n) is 9.34. The highest BCUT2D eigenvalue weighted by Crippen LogP contribution is 2.30. The number of guanidine groups is 1. The van der Waals surface area contributed by atoms with Gasteiger partial charge in [0.15, 0.2) is 5.96 Å². The van der Waals surface area contributed by atoms with E-state index in [4.69, 9.17) is 11.1 Å². The lowest BCUT2D eigenvalue weighted by molar-refractivity contribution is 0.170. The van der Waals surface area contributed by atoms with Crippen LogP contribution in [0.15, 0.2) is 0 Å². The molecule has 2 aliphatic heterocycles. The van der Waals surface area contributed by atoms with Crippen LogP contribution in [0, 0.1) is 17.2 Å². The van der Waals surface area contributed by atoms with Crippen LogP contribution in [0.5, 0.6) is 0 Å². The van der Waals surface area contributed by atoms with Crippen LogP contribution in [0.3, 0.4) is 0 Å². The summed E-state index contributed by atoms with van der Waals surface area (Å²) in [7, 11) is 0. The minimum Gasteiger partial charge on any atom is -0.370 e. The summed E-state index contributed by atoms with van der Waals surface area (Å²) in [6.45, 7) is 4.36. The molecule has 4 N–H and O–H groups in total. The largest absolute Gasteiger partial charge is 0.370 e. The molecule has 2 saturated heterocycles. The van der Waals surface area contributed by atoms with Crippen molar-refractivity contribution in [3.8, 4) is 0 Å². The molecule has 0 aromatic carbocycles. The number of hydrogen-bond acceptors (Lipinski definition) is 2. The Balaban J connectivity index is 1.79. The van der Waals surface area contributed by atoms with Gasteiger partial charge in [-0.2, -0.15) is 0 Å². The second-order valence-corrected chi connectivity index (χ2v) is 4.80. The van der Waals surface area contributed by atoms with Gasteiger partial charge in [0, 0.05) is 13.1 Å². The van der Waals surface area contributed by atoms with Crippen molar-refractivity contribution < 1.29 is 0 Å². The van der Waals surface area contributed by atoms with Crippen LogP contribution in [0.2, 0.25) is 0 Å². The Labute approximate surface area is 91.7 Å². The molecular weight excluding hydrogens is 188 g/mol. The number of rotatable bonds is 1. The first-order chi connectivity index (χ1) is 7.27. The number of likely N-dealkylation sites (tertiary alicyclic amines) is 1. The molecule has 0 amide bonds. The smallest absolute Gasteiger partial charge is 0.188 e. The molecule has 4 heteroatoms. The molecule has 0 atom stereocenters. The summed E-state index contributed by atoms with van der Waals surface area (Å²) >= 11 is 0. The van der Waals surface area contributed by atoms with Crippen LogP contribution >= 0.6 is 0 Å². The number of hydrogen-bond donors (Lipinski definition) is 3. The van der Waals surface area contributed by atoms with Gasteiger partial charge in [0.25, 0.3) is 0 Å². The Bertz CT molecular complexity index is 215. The van der Waals surface area contributed by atoms with Crippen molar-refractivity contribution in [3.05, 3.63) is 0 Å². The van der Waals surface area contributed by atoms with E-state index in [-0.39, 0.29) is 5.96 Å². The predicted octanol–water partition coefficient (Wildman–Crippen LogP) is 0.591. The first-order valence-corrected chi connectivity index (χ1v) is 6.07. The molecule has 0 bridgehead atoms. The average molecular weight is 210 g/mol. The summed E-state index contributed by atoms with van der Waals surface area (Å²) in [5, 5.41) is 10.8. The second-order valence-electron chi connectivity index (χ2n) is 4.80. The lowest BCUT2D eigenvalue weighted by Gasteiger charge is -2.37.